The molecule has 118 valence electrons. The quantitative estimate of drug-likeness (QED) is 0.872. The van der Waals surface area contributed by atoms with Gasteiger partial charge in [-0.25, -0.2) is 9.97 Å². The number of nitrogens with zero attached hydrogens (tertiary/aromatic N) is 3. The molecule has 0 spiro atoms. The first kappa shape index (κ1) is 15.0. The minimum Gasteiger partial charge on any atom is -0.493 e. The van der Waals surface area contributed by atoms with Crippen molar-refractivity contribution in [1.82, 2.24) is 14.9 Å². The second-order valence-corrected chi connectivity index (χ2v) is 5.45. The van der Waals surface area contributed by atoms with Gasteiger partial charge >= 0.3 is 0 Å². The van der Waals surface area contributed by atoms with Gasteiger partial charge in [0.1, 0.15) is 12.9 Å². The molecular formula is C16H21N3O3. The molecule has 3 rings (SSSR count). The van der Waals surface area contributed by atoms with Crippen molar-refractivity contribution in [3.8, 4) is 11.5 Å². The van der Waals surface area contributed by atoms with Gasteiger partial charge in [-0.15, -0.1) is 0 Å². The van der Waals surface area contributed by atoms with E-state index in [2.05, 4.69) is 14.9 Å². The Bertz CT molecular complexity index is 635. The van der Waals surface area contributed by atoms with Gasteiger partial charge in [-0.1, -0.05) is 0 Å². The molecule has 6 nitrogen and oxygen atoms in total. The highest BCUT2D eigenvalue weighted by atomic mass is 16.5. The average Bonchev–Trinajstić information content (AvgIpc) is 3.01. The summed E-state index contributed by atoms with van der Waals surface area (Å²) in [4.78, 5) is 10.5. The summed E-state index contributed by atoms with van der Waals surface area (Å²) in [7, 11) is 1.63. The van der Waals surface area contributed by atoms with Gasteiger partial charge in [-0.3, -0.25) is 4.90 Å². The van der Waals surface area contributed by atoms with Gasteiger partial charge in [0, 0.05) is 30.2 Å². The number of aromatic nitrogens is 2. The fourth-order valence-electron chi connectivity index (χ4n) is 2.93. The second kappa shape index (κ2) is 6.89. The number of rotatable bonds is 6. The number of aliphatic hydroxyl groups excluding tert-OH is 1. The fourth-order valence-corrected chi connectivity index (χ4v) is 2.93. The molecule has 2 aromatic rings. The van der Waals surface area contributed by atoms with E-state index in [9.17, 15) is 5.11 Å². The molecule has 1 aliphatic heterocycles. The summed E-state index contributed by atoms with van der Waals surface area (Å²) < 4.78 is 11.3. The fraction of sp³-hybridized carbons (Fsp3) is 0.500. The van der Waals surface area contributed by atoms with Crippen LogP contribution >= 0.6 is 0 Å². The number of hydrogen-bond donors (Lipinski definition) is 1. The molecule has 2 heterocycles. The summed E-state index contributed by atoms with van der Waals surface area (Å²) >= 11 is 0. The van der Waals surface area contributed by atoms with Crippen LogP contribution in [-0.4, -0.2) is 59.4 Å². The van der Waals surface area contributed by atoms with Crippen LogP contribution < -0.4 is 9.47 Å². The van der Waals surface area contributed by atoms with Crippen LogP contribution in [0.3, 0.4) is 0 Å². The zero-order valence-electron chi connectivity index (χ0n) is 12.7. The van der Waals surface area contributed by atoms with Gasteiger partial charge in [0.2, 0.25) is 0 Å². The van der Waals surface area contributed by atoms with E-state index in [0.717, 1.165) is 36.8 Å². The minimum absolute atomic E-state index is 0.218. The van der Waals surface area contributed by atoms with Crippen molar-refractivity contribution in [3.63, 3.8) is 0 Å². The van der Waals surface area contributed by atoms with E-state index in [4.69, 9.17) is 9.47 Å². The maximum atomic E-state index is 9.34. The smallest absolute Gasteiger partial charge is 0.163 e. The Kier molecular flexibility index (Phi) is 4.70. The normalized spacial score (nSPS) is 18.7. The lowest BCUT2D eigenvalue weighted by molar-refractivity contribution is 0.138. The van der Waals surface area contributed by atoms with E-state index in [1.54, 1.807) is 13.3 Å². The second-order valence-electron chi connectivity index (χ2n) is 5.45. The number of benzene rings is 1. The van der Waals surface area contributed by atoms with Crippen molar-refractivity contribution in [3.05, 3.63) is 24.7 Å². The van der Waals surface area contributed by atoms with Crippen LogP contribution in [0.1, 0.15) is 12.8 Å². The van der Waals surface area contributed by atoms with Crippen LogP contribution in [0, 0.1) is 0 Å². The van der Waals surface area contributed by atoms with Crippen molar-refractivity contribution in [2.24, 2.45) is 0 Å². The molecule has 0 aliphatic carbocycles. The zero-order chi connectivity index (χ0) is 15.4. The van der Waals surface area contributed by atoms with Crippen molar-refractivity contribution >= 4 is 10.9 Å². The van der Waals surface area contributed by atoms with Crippen molar-refractivity contribution in [2.45, 2.75) is 18.9 Å². The molecule has 0 saturated carbocycles. The first-order valence-corrected chi connectivity index (χ1v) is 7.57. The Morgan fingerprint density at radius 2 is 2.27 bits per heavy atom. The van der Waals surface area contributed by atoms with E-state index in [1.807, 2.05) is 12.1 Å². The van der Waals surface area contributed by atoms with Gasteiger partial charge in [0.05, 0.1) is 19.2 Å². The summed E-state index contributed by atoms with van der Waals surface area (Å²) in [6, 6.07) is 4.04. The molecule has 0 bridgehead atoms. The lowest BCUT2D eigenvalue weighted by atomic mass is 10.2. The number of fused-ring (bicyclic) bond motifs is 1. The molecule has 22 heavy (non-hydrogen) atoms. The molecule has 0 unspecified atom stereocenters. The highest BCUT2D eigenvalue weighted by Gasteiger charge is 2.23. The first-order valence-electron chi connectivity index (χ1n) is 7.57. The Morgan fingerprint density at radius 3 is 3.09 bits per heavy atom. The van der Waals surface area contributed by atoms with Crippen LogP contribution in [0.2, 0.25) is 0 Å². The van der Waals surface area contributed by atoms with Gasteiger partial charge in [-0.2, -0.15) is 0 Å². The third-order valence-corrected chi connectivity index (χ3v) is 4.14. The summed E-state index contributed by atoms with van der Waals surface area (Å²) in [6.07, 6.45) is 5.48. The van der Waals surface area contributed by atoms with Gasteiger partial charge < -0.3 is 14.6 Å². The lowest BCUT2D eigenvalue weighted by Gasteiger charge is -2.22. The Morgan fingerprint density at radius 1 is 1.36 bits per heavy atom. The SMILES string of the molecule is COc1cc2cncnc2cc1OCCN1CCC[C@@H]1CO. The van der Waals surface area contributed by atoms with Gasteiger partial charge in [-0.05, 0) is 25.5 Å². The standard InChI is InChI=1S/C16H21N3O3/c1-21-15-7-12-9-17-11-18-14(12)8-16(15)22-6-5-19-4-2-3-13(19)10-20/h7-9,11,13,20H,2-6,10H2,1H3/t13-/m1/s1. The van der Waals surface area contributed by atoms with Crippen LogP contribution in [0.4, 0.5) is 0 Å². The number of ether oxygens (including phenoxy) is 2. The summed E-state index contributed by atoms with van der Waals surface area (Å²) in [5.41, 5.74) is 0.834. The van der Waals surface area contributed by atoms with E-state index in [-0.39, 0.29) is 12.6 Å². The largest absolute Gasteiger partial charge is 0.493 e. The van der Waals surface area contributed by atoms with E-state index in [0.29, 0.717) is 18.1 Å². The first-order chi connectivity index (χ1) is 10.8. The molecule has 1 atom stereocenters. The molecule has 1 N–H and O–H groups in total. The van der Waals surface area contributed by atoms with E-state index >= 15 is 0 Å². The van der Waals surface area contributed by atoms with E-state index in [1.165, 1.54) is 6.33 Å². The van der Waals surface area contributed by atoms with Crippen LogP contribution in [0.15, 0.2) is 24.7 Å². The number of hydrogen-bond acceptors (Lipinski definition) is 6. The third kappa shape index (κ3) is 3.13. The summed E-state index contributed by atoms with van der Waals surface area (Å²) in [5.74, 6) is 1.37. The van der Waals surface area contributed by atoms with Crippen molar-refractivity contribution < 1.29 is 14.6 Å². The van der Waals surface area contributed by atoms with Crippen LogP contribution in [0.5, 0.6) is 11.5 Å². The van der Waals surface area contributed by atoms with Gasteiger partial charge in [0.15, 0.2) is 11.5 Å². The van der Waals surface area contributed by atoms with Gasteiger partial charge in [0.25, 0.3) is 0 Å². The highest BCUT2D eigenvalue weighted by Crippen LogP contribution is 2.31. The predicted octanol–water partition coefficient (Wildman–Crippen LogP) is 1.47. The number of methoxy groups -OCH3 is 1. The molecule has 1 saturated heterocycles. The van der Waals surface area contributed by atoms with Crippen LogP contribution in [-0.2, 0) is 0 Å². The highest BCUT2D eigenvalue weighted by molar-refractivity contribution is 5.81. The average molecular weight is 303 g/mol. The molecule has 0 amide bonds. The summed E-state index contributed by atoms with van der Waals surface area (Å²) in [5, 5.41) is 10.3. The Labute approximate surface area is 129 Å². The van der Waals surface area contributed by atoms with E-state index < -0.39 is 0 Å². The third-order valence-electron chi connectivity index (χ3n) is 4.14. The Balaban J connectivity index is 1.67. The molecule has 1 aromatic carbocycles. The molecule has 0 radical (unpaired) electrons. The maximum Gasteiger partial charge on any atom is 0.163 e. The number of aliphatic hydroxyl groups is 1. The molecule has 1 fully saturated rings. The van der Waals surface area contributed by atoms with Crippen LogP contribution in [0.25, 0.3) is 10.9 Å². The lowest BCUT2D eigenvalue weighted by Crippen LogP contribution is -2.35. The monoisotopic (exact) mass is 303 g/mol. The summed E-state index contributed by atoms with van der Waals surface area (Å²) in [6.45, 7) is 2.60. The molecular weight excluding hydrogens is 282 g/mol. The minimum atomic E-state index is 0.218. The Hall–Kier alpha value is -1.92. The number of likely N-dealkylation sites (tertiary alicyclic amines) is 1. The topological polar surface area (TPSA) is 67.7 Å². The molecule has 1 aromatic heterocycles. The maximum absolute atomic E-state index is 9.34. The van der Waals surface area contributed by atoms with Crippen molar-refractivity contribution in [1.29, 1.82) is 0 Å². The predicted molar refractivity (Wildman–Crippen MR) is 83.3 cm³/mol. The van der Waals surface area contributed by atoms with Crippen molar-refractivity contribution in [2.75, 3.05) is 33.4 Å². The molecule has 1 aliphatic rings. The molecule has 6 heteroatoms. The zero-order valence-corrected chi connectivity index (χ0v) is 12.7.